The predicted octanol–water partition coefficient (Wildman–Crippen LogP) is 4.31. The van der Waals surface area contributed by atoms with Crippen molar-refractivity contribution in [3.8, 4) is 0 Å². The van der Waals surface area contributed by atoms with Crippen LogP contribution in [-0.4, -0.2) is 5.38 Å². The molecule has 0 nitrogen and oxygen atoms in total. The summed E-state index contributed by atoms with van der Waals surface area (Å²) >= 11 is 6.21. The molecule has 0 aromatic heterocycles. The van der Waals surface area contributed by atoms with E-state index in [2.05, 4.69) is 41.5 Å². The molecule has 0 N–H and O–H groups in total. The molecule has 1 aliphatic carbocycles. The van der Waals surface area contributed by atoms with Gasteiger partial charge in [-0.15, -0.1) is 11.6 Å². The quantitative estimate of drug-likeness (QED) is 0.551. The van der Waals surface area contributed by atoms with Crippen molar-refractivity contribution < 1.29 is 0 Å². The van der Waals surface area contributed by atoms with E-state index < -0.39 is 0 Å². The Hall–Kier alpha value is -0.230. The van der Waals surface area contributed by atoms with Gasteiger partial charge in [-0.3, -0.25) is 0 Å². The van der Waals surface area contributed by atoms with Crippen LogP contribution in [0.25, 0.3) is 0 Å². The smallest absolute Gasteiger partial charge is 0.0531 e. The van der Waals surface area contributed by atoms with E-state index in [1.807, 2.05) is 0 Å². The summed E-state index contributed by atoms with van der Waals surface area (Å²) in [7, 11) is 0. The Morgan fingerprint density at radius 1 is 1.08 bits per heavy atom. The van der Waals surface area contributed by atoms with E-state index in [1.54, 1.807) is 0 Å². The predicted molar refractivity (Wildman–Crippen MR) is 60.2 cm³/mol. The van der Waals surface area contributed by atoms with Crippen LogP contribution in [0.5, 0.6) is 0 Å². The second-order valence-electron chi connectivity index (χ2n) is 4.53. The Balaban J connectivity index is 3.28. The van der Waals surface area contributed by atoms with Gasteiger partial charge in [0.25, 0.3) is 0 Å². The third-order valence-electron chi connectivity index (χ3n) is 3.54. The highest BCUT2D eigenvalue weighted by atomic mass is 35.5. The fourth-order valence-corrected chi connectivity index (χ4v) is 2.85. The molecule has 74 valence electrons. The Kier molecular flexibility index (Phi) is 2.64. The fraction of sp³-hybridized carbons (Fsp3) is 0.667. The molecular formula is C12H19Cl. The van der Waals surface area contributed by atoms with Gasteiger partial charge in [0.05, 0.1) is 5.38 Å². The molecule has 0 saturated heterocycles. The van der Waals surface area contributed by atoms with Gasteiger partial charge in [-0.1, -0.05) is 19.4 Å². The molecule has 1 atom stereocenters. The zero-order valence-electron chi connectivity index (χ0n) is 9.46. The zero-order chi connectivity index (χ0) is 10.4. The van der Waals surface area contributed by atoms with Crippen molar-refractivity contribution in [2.75, 3.05) is 0 Å². The minimum absolute atomic E-state index is 0.141. The van der Waals surface area contributed by atoms with Crippen molar-refractivity contribution in [2.24, 2.45) is 5.41 Å². The highest BCUT2D eigenvalue weighted by Crippen LogP contribution is 2.48. The Bertz CT molecular complexity index is 290. The van der Waals surface area contributed by atoms with Gasteiger partial charge >= 0.3 is 0 Å². The molecule has 1 heteroatoms. The van der Waals surface area contributed by atoms with Gasteiger partial charge in [0.1, 0.15) is 0 Å². The fourth-order valence-electron chi connectivity index (χ4n) is 2.42. The zero-order valence-corrected chi connectivity index (χ0v) is 10.2. The van der Waals surface area contributed by atoms with Crippen molar-refractivity contribution in [1.82, 2.24) is 0 Å². The molecule has 0 aliphatic heterocycles. The van der Waals surface area contributed by atoms with Crippen molar-refractivity contribution in [3.63, 3.8) is 0 Å². The molecule has 0 bridgehead atoms. The largest absolute Gasteiger partial charge is 0.118 e. The Morgan fingerprint density at radius 2 is 1.54 bits per heavy atom. The first-order valence-electron chi connectivity index (χ1n) is 4.83. The van der Waals surface area contributed by atoms with E-state index in [0.29, 0.717) is 0 Å². The van der Waals surface area contributed by atoms with Gasteiger partial charge in [-0.2, -0.15) is 0 Å². The minimum atomic E-state index is 0.141. The van der Waals surface area contributed by atoms with Gasteiger partial charge in [-0.25, -0.2) is 0 Å². The maximum Gasteiger partial charge on any atom is 0.0531 e. The number of hydrogen-bond acceptors (Lipinski definition) is 0. The summed E-state index contributed by atoms with van der Waals surface area (Å²) in [5, 5.41) is 0.141. The lowest BCUT2D eigenvalue weighted by Gasteiger charge is -2.27. The summed E-state index contributed by atoms with van der Waals surface area (Å²) in [6.07, 6.45) is 0. The SMILES string of the molecule is CC1=C(C)C(C)(C)C(C(C)Cl)=C1C. The van der Waals surface area contributed by atoms with Crippen LogP contribution in [0.15, 0.2) is 22.3 Å². The summed E-state index contributed by atoms with van der Waals surface area (Å²) in [5.41, 5.74) is 5.84. The second-order valence-corrected chi connectivity index (χ2v) is 5.18. The minimum Gasteiger partial charge on any atom is -0.118 e. The highest BCUT2D eigenvalue weighted by molar-refractivity contribution is 6.22. The maximum absolute atomic E-state index is 6.21. The van der Waals surface area contributed by atoms with Crippen molar-refractivity contribution in [2.45, 2.75) is 46.9 Å². The first-order valence-corrected chi connectivity index (χ1v) is 5.27. The van der Waals surface area contributed by atoms with E-state index in [1.165, 1.54) is 22.3 Å². The second kappa shape index (κ2) is 3.16. The average molecular weight is 199 g/mol. The third kappa shape index (κ3) is 1.46. The van der Waals surface area contributed by atoms with Crippen molar-refractivity contribution in [1.29, 1.82) is 0 Å². The summed E-state index contributed by atoms with van der Waals surface area (Å²) in [6, 6.07) is 0. The molecule has 0 heterocycles. The van der Waals surface area contributed by atoms with E-state index in [4.69, 9.17) is 11.6 Å². The molecule has 0 fully saturated rings. The van der Waals surface area contributed by atoms with Gasteiger partial charge in [0, 0.05) is 5.41 Å². The molecule has 1 rings (SSSR count). The van der Waals surface area contributed by atoms with E-state index in [0.717, 1.165) is 0 Å². The van der Waals surface area contributed by atoms with Gasteiger partial charge in [0.2, 0.25) is 0 Å². The summed E-state index contributed by atoms with van der Waals surface area (Å²) in [5.74, 6) is 0. The number of alkyl halides is 1. The lowest BCUT2D eigenvalue weighted by Crippen LogP contribution is -2.19. The van der Waals surface area contributed by atoms with Crippen LogP contribution >= 0.6 is 11.6 Å². The highest BCUT2D eigenvalue weighted by Gasteiger charge is 2.36. The van der Waals surface area contributed by atoms with Crippen LogP contribution in [0.3, 0.4) is 0 Å². The molecule has 0 aromatic rings. The lowest BCUT2D eigenvalue weighted by atomic mass is 9.79. The first-order chi connectivity index (χ1) is 5.80. The normalized spacial score (nSPS) is 24.2. The molecular weight excluding hydrogens is 180 g/mol. The molecule has 0 spiro atoms. The molecule has 0 amide bonds. The Labute approximate surface area is 86.7 Å². The molecule has 0 aromatic carbocycles. The van der Waals surface area contributed by atoms with E-state index in [9.17, 15) is 0 Å². The molecule has 0 saturated carbocycles. The molecule has 13 heavy (non-hydrogen) atoms. The van der Waals surface area contributed by atoms with E-state index in [-0.39, 0.29) is 10.8 Å². The number of allylic oxidation sites excluding steroid dienone is 4. The summed E-state index contributed by atoms with van der Waals surface area (Å²) in [6.45, 7) is 13.2. The summed E-state index contributed by atoms with van der Waals surface area (Å²) in [4.78, 5) is 0. The topological polar surface area (TPSA) is 0 Å². The monoisotopic (exact) mass is 198 g/mol. The van der Waals surface area contributed by atoms with Crippen LogP contribution in [0, 0.1) is 5.41 Å². The van der Waals surface area contributed by atoms with Gasteiger partial charge in [0.15, 0.2) is 0 Å². The molecule has 0 radical (unpaired) electrons. The van der Waals surface area contributed by atoms with Crippen molar-refractivity contribution in [3.05, 3.63) is 22.3 Å². The van der Waals surface area contributed by atoms with Gasteiger partial charge in [-0.05, 0) is 44.4 Å². The van der Waals surface area contributed by atoms with Crippen LogP contribution in [-0.2, 0) is 0 Å². The summed E-state index contributed by atoms with van der Waals surface area (Å²) < 4.78 is 0. The van der Waals surface area contributed by atoms with Crippen LogP contribution in [0.4, 0.5) is 0 Å². The number of rotatable bonds is 1. The molecule has 1 unspecified atom stereocenters. The standard InChI is InChI=1S/C12H19Cl/c1-7-8(2)11(10(4)13)12(5,6)9(7)3/h10H,1-6H3. The maximum atomic E-state index is 6.21. The first kappa shape index (κ1) is 10.8. The number of hydrogen-bond donors (Lipinski definition) is 0. The van der Waals surface area contributed by atoms with Crippen LogP contribution < -0.4 is 0 Å². The Morgan fingerprint density at radius 3 is 1.69 bits per heavy atom. The average Bonchev–Trinajstić information content (AvgIpc) is 2.12. The number of halogens is 1. The lowest BCUT2D eigenvalue weighted by molar-refractivity contribution is 0.532. The van der Waals surface area contributed by atoms with Crippen LogP contribution in [0.1, 0.15) is 41.5 Å². The third-order valence-corrected chi connectivity index (χ3v) is 3.76. The molecule has 1 aliphatic rings. The van der Waals surface area contributed by atoms with Gasteiger partial charge < -0.3 is 0 Å². The van der Waals surface area contributed by atoms with Crippen molar-refractivity contribution >= 4 is 11.6 Å². The van der Waals surface area contributed by atoms with Crippen LogP contribution in [0.2, 0.25) is 0 Å². The van der Waals surface area contributed by atoms with E-state index >= 15 is 0 Å².